The first-order chi connectivity index (χ1) is 15.3. The fraction of sp³-hybridized carbons (Fsp3) is 0.591. The minimum absolute atomic E-state index is 0.0506. The molecule has 1 aromatic carbocycles. The molecule has 2 saturated heterocycles. The van der Waals surface area contributed by atoms with Gasteiger partial charge in [0.2, 0.25) is 5.91 Å². The topological polar surface area (TPSA) is 74.3 Å². The molecule has 0 bridgehead atoms. The second-order valence-electron chi connectivity index (χ2n) is 8.45. The Hall–Kier alpha value is -2.46. The molecule has 1 N–H and O–H groups in total. The van der Waals surface area contributed by atoms with Gasteiger partial charge in [-0.15, -0.1) is 0 Å². The number of rotatable bonds is 8. The van der Waals surface area contributed by atoms with Gasteiger partial charge in [-0.2, -0.15) is 0 Å². The molecule has 1 aromatic rings. The van der Waals surface area contributed by atoms with Crippen molar-refractivity contribution in [3.63, 3.8) is 0 Å². The molecule has 0 spiro atoms. The fourth-order valence-corrected chi connectivity index (χ4v) is 4.26. The zero-order chi connectivity index (χ0) is 23.3. The molecule has 1 atom stereocenters. The van der Waals surface area contributed by atoms with E-state index in [1.165, 1.54) is 18.1 Å². The average Bonchev–Trinajstić information content (AvgIpc) is 3.12. The summed E-state index contributed by atoms with van der Waals surface area (Å²) < 4.78 is 25.2. The zero-order valence-electron chi connectivity index (χ0n) is 18.8. The van der Waals surface area contributed by atoms with Gasteiger partial charge in [-0.1, -0.05) is 26.1 Å². The minimum atomic E-state index is -0.496. The number of nitrogens with zero attached hydrogens (tertiary/aromatic N) is 3. The SMILES string of the molecule is COCC(=O)N1CCN(c2ccc(N3C[C@H](CNC(=S)CC(C)C)OC3=O)cc2F)CC1. The number of carbonyl (C=O) groups is 2. The summed E-state index contributed by atoms with van der Waals surface area (Å²) in [5.41, 5.74) is 0.912. The van der Waals surface area contributed by atoms with Gasteiger partial charge in [-0.05, 0) is 24.1 Å². The maximum atomic E-state index is 14.9. The van der Waals surface area contributed by atoms with Crippen molar-refractivity contribution in [2.75, 3.05) is 62.8 Å². The van der Waals surface area contributed by atoms with E-state index in [1.807, 2.05) is 4.90 Å². The number of hydrogen-bond acceptors (Lipinski definition) is 6. The number of carbonyl (C=O) groups excluding carboxylic acids is 2. The number of benzene rings is 1. The number of nitrogens with one attached hydrogen (secondary N) is 1. The third kappa shape index (κ3) is 6.07. The lowest BCUT2D eigenvalue weighted by molar-refractivity contribution is -0.135. The first-order valence-electron chi connectivity index (χ1n) is 10.8. The van der Waals surface area contributed by atoms with Crippen LogP contribution in [0.2, 0.25) is 0 Å². The molecule has 176 valence electrons. The maximum absolute atomic E-state index is 14.9. The van der Waals surface area contributed by atoms with E-state index in [-0.39, 0.29) is 18.6 Å². The van der Waals surface area contributed by atoms with Crippen LogP contribution in [0, 0.1) is 11.7 Å². The molecule has 0 saturated carbocycles. The number of thiocarbonyl (C=S) groups is 1. The van der Waals surface area contributed by atoms with Gasteiger partial charge in [0, 0.05) is 39.7 Å². The van der Waals surface area contributed by atoms with Crippen LogP contribution in [-0.4, -0.2) is 81.0 Å². The number of ether oxygens (including phenoxy) is 2. The van der Waals surface area contributed by atoms with Crippen LogP contribution in [-0.2, 0) is 14.3 Å². The summed E-state index contributed by atoms with van der Waals surface area (Å²) in [6.45, 7) is 7.06. The van der Waals surface area contributed by atoms with Crippen LogP contribution in [0.3, 0.4) is 0 Å². The second-order valence-corrected chi connectivity index (χ2v) is 8.95. The van der Waals surface area contributed by atoms with Crippen molar-refractivity contribution in [3.05, 3.63) is 24.0 Å². The Bertz CT molecular complexity index is 845. The van der Waals surface area contributed by atoms with E-state index in [0.29, 0.717) is 56.6 Å². The molecule has 3 rings (SSSR count). The monoisotopic (exact) mass is 466 g/mol. The Labute approximate surface area is 193 Å². The van der Waals surface area contributed by atoms with E-state index < -0.39 is 11.9 Å². The third-order valence-corrected chi connectivity index (χ3v) is 5.79. The van der Waals surface area contributed by atoms with Crippen LogP contribution >= 0.6 is 12.2 Å². The van der Waals surface area contributed by atoms with E-state index in [2.05, 4.69) is 19.2 Å². The van der Waals surface area contributed by atoms with Gasteiger partial charge in [-0.25, -0.2) is 9.18 Å². The lowest BCUT2D eigenvalue weighted by Gasteiger charge is -2.36. The number of hydrogen-bond donors (Lipinski definition) is 1. The van der Waals surface area contributed by atoms with Crippen molar-refractivity contribution in [2.45, 2.75) is 26.4 Å². The number of methoxy groups -OCH3 is 1. The van der Waals surface area contributed by atoms with Crippen LogP contribution in [0.1, 0.15) is 20.3 Å². The summed E-state index contributed by atoms with van der Waals surface area (Å²) in [5.74, 6) is -0.0240. The number of amides is 2. The predicted octanol–water partition coefficient (Wildman–Crippen LogP) is 2.41. The van der Waals surface area contributed by atoms with Gasteiger partial charge in [0.1, 0.15) is 18.5 Å². The number of piperazine rings is 1. The number of cyclic esters (lactones) is 1. The van der Waals surface area contributed by atoms with Crippen molar-refractivity contribution >= 4 is 40.6 Å². The summed E-state index contributed by atoms with van der Waals surface area (Å²) in [6, 6.07) is 4.76. The van der Waals surface area contributed by atoms with E-state index >= 15 is 0 Å². The summed E-state index contributed by atoms with van der Waals surface area (Å²) in [5, 5.41) is 3.14. The van der Waals surface area contributed by atoms with Crippen LogP contribution in [0.25, 0.3) is 0 Å². The molecular formula is C22H31FN4O4S. The Kier molecular flexibility index (Phi) is 8.25. The first kappa shape index (κ1) is 24.2. The molecule has 0 aromatic heterocycles. The quantitative estimate of drug-likeness (QED) is 0.590. The lowest BCUT2D eigenvalue weighted by atomic mass is 10.1. The Morgan fingerprint density at radius 3 is 2.66 bits per heavy atom. The van der Waals surface area contributed by atoms with E-state index in [1.54, 1.807) is 17.0 Å². The van der Waals surface area contributed by atoms with Crippen molar-refractivity contribution in [1.82, 2.24) is 10.2 Å². The van der Waals surface area contributed by atoms with Gasteiger partial charge in [0.15, 0.2) is 0 Å². The molecule has 2 amide bonds. The summed E-state index contributed by atoms with van der Waals surface area (Å²) in [6.07, 6.45) is -0.0710. The van der Waals surface area contributed by atoms with Crippen molar-refractivity contribution in [2.24, 2.45) is 5.92 Å². The Morgan fingerprint density at radius 1 is 1.31 bits per heavy atom. The molecule has 2 heterocycles. The number of halogens is 1. The van der Waals surface area contributed by atoms with Crippen LogP contribution in [0.15, 0.2) is 18.2 Å². The Morgan fingerprint density at radius 2 is 2.03 bits per heavy atom. The molecule has 0 unspecified atom stereocenters. The maximum Gasteiger partial charge on any atom is 0.414 e. The summed E-state index contributed by atoms with van der Waals surface area (Å²) >= 11 is 5.30. The van der Waals surface area contributed by atoms with E-state index in [0.717, 1.165) is 11.4 Å². The van der Waals surface area contributed by atoms with Crippen LogP contribution < -0.4 is 15.1 Å². The van der Waals surface area contributed by atoms with Crippen LogP contribution in [0.5, 0.6) is 0 Å². The predicted molar refractivity (Wildman–Crippen MR) is 125 cm³/mol. The van der Waals surface area contributed by atoms with Crippen molar-refractivity contribution in [1.29, 1.82) is 0 Å². The molecular weight excluding hydrogens is 435 g/mol. The second kappa shape index (κ2) is 10.9. The van der Waals surface area contributed by atoms with Crippen molar-refractivity contribution in [3.8, 4) is 0 Å². The van der Waals surface area contributed by atoms with Gasteiger partial charge in [0.05, 0.1) is 29.5 Å². The van der Waals surface area contributed by atoms with Gasteiger partial charge >= 0.3 is 6.09 Å². The molecule has 0 radical (unpaired) electrons. The molecule has 32 heavy (non-hydrogen) atoms. The van der Waals surface area contributed by atoms with E-state index in [4.69, 9.17) is 21.7 Å². The first-order valence-corrected chi connectivity index (χ1v) is 11.3. The highest BCUT2D eigenvalue weighted by Crippen LogP contribution is 2.28. The molecule has 2 fully saturated rings. The minimum Gasteiger partial charge on any atom is -0.442 e. The van der Waals surface area contributed by atoms with Crippen molar-refractivity contribution < 1.29 is 23.5 Å². The number of anilines is 2. The van der Waals surface area contributed by atoms with Gasteiger partial charge in [-0.3, -0.25) is 9.69 Å². The lowest BCUT2D eigenvalue weighted by Crippen LogP contribution is -2.50. The smallest absolute Gasteiger partial charge is 0.414 e. The summed E-state index contributed by atoms with van der Waals surface area (Å²) in [7, 11) is 1.49. The third-order valence-electron chi connectivity index (χ3n) is 5.48. The molecule has 8 nitrogen and oxygen atoms in total. The Balaban J connectivity index is 1.56. The highest BCUT2D eigenvalue weighted by atomic mass is 32.1. The molecule has 0 aliphatic carbocycles. The fourth-order valence-electron chi connectivity index (χ4n) is 3.84. The van der Waals surface area contributed by atoms with Gasteiger partial charge < -0.3 is 24.6 Å². The zero-order valence-corrected chi connectivity index (χ0v) is 19.6. The van der Waals surface area contributed by atoms with E-state index in [9.17, 15) is 14.0 Å². The van der Waals surface area contributed by atoms with Gasteiger partial charge in [0.25, 0.3) is 0 Å². The standard InChI is InChI=1S/C22H31FN4O4S/c1-15(2)10-20(32)24-12-17-13-27(22(29)31-17)16-4-5-19(18(23)11-16)25-6-8-26(9-7-25)21(28)14-30-3/h4-5,11,15,17H,6-10,12-14H2,1-3H3,(H,24,32)/t17-/m0/s1. The largest absolute Gasteiger partial charge is 0.442 e. The highest BCUT2D eigenvalue weighted by molar-refractivity contribution is 7.80. The van der Waals surface area contributed by atoms with Crippen LogP contribution in [0.4, 0.5) is 20.6 Å². The normalized spacial score (nSPS) is 18.8. The molecule has 2 aliphatic rings. The average molecular weight is 467 g/mol. The highest BCUT2D eigenvalue weighted by Gasteiger charge is 2.33. The molecule has 2 aliphatic heterocycles. The summed E-state index contributed by atoms with van der Waals surface area (Å²) in [4.78, 5) is 30.1. The molecule has 10 heteroatoms.